The Bertz CT molecular complexity index is 590. The Morgan fingerprint density at radius 2 is 2.22 bits per heavy atom. The Kier molecular flexibility index (Phi) is 3.32. The standard InChI is InChI=1S/C13H15FN2O2/c1-4-18-13(17)12-15-10-7-9(14)5-6-11(10)16(12)8(2)3/h5-8H,4H2,1-3H3. The minimum atomic E-state index is -0.484. The second-order valence-electron chi connectivity index (χ2n) is 4.25. The number of ether oxygens (including phenoxy) is 1. The molecule has 4 nitrogen and oxygen atoms in total. The lowest BCUT2D eigenvalue weighted by molar-refractivity contribution is 0.0505. The maximum absolute atomic E-state index is 13.2. The molecular weight excluding hydrogens is 235 g/mol. The molecule has 0 radical (unpaired) electrons. The number of aromatic nitrogens is 2. The highest BCUT2D eigenvalue weighted by Gasteiger charge is 2.20. The molecule has 0 saturated carbocycles. The smallest absolute Gasteiger partial charge is 0.374 e. The van der Waals surface area contributed by atoms with E-state index in [1.165, 1.54) is 12.1 Å². The number of rotatable bonds is 3. The summed E-state index contributed by atoms with van der Waals surface area (Å²) in [6.07, 6.45) is 0. The Balaban J connectivity index is 2.64. The van der Waals surface area contributed by atoms with Gasteiger partial charge in [0.25, 0.3) is 0 Å². The van der Waals surface area contributed by atoms with E-state index in [0.717, 1.165) is 5.52 Å². The molecule has 0 N–H and O–H groups in total. The average Bonchev–Trinajstić information content (AvgIpc) is 2.67. The molecule has 0 fully saturated rings. The van der Waals surface area contributed by atoms with E-state index in [0.29, 0.717) is 5.52 Å². The number of halogens is 1. The zero-order valence-electron chi connectivity index (χ0n) is 10.6. The van der Waals surface area contributed by atoms with Gasteiger partial charge in [-0.05, 0) is 32.9 Å². The van der Waals surface area contributed by atoms with Crippen molar-refractivity contribution in [2.75, 3.05) is 6.61 Å². The Labute approximate surface area is 104 Å². The molecule has 2 aromatic rings. The molecule has 0 spiro atoms. The number of imidazole rings is 1. The van der Waals surface area contributed by atoms with Crippen molar-refractivity contribution in [3.05, 3.63) is 29.8 Å². The summed E-state index contributed by atoms with van der Waals surface area (Å²) in [6, 6.07) is 4.34. The van der Waals surface area contributed by atoms with Crippen LogP contribution in [0.5, 0.6) is 0 Å². The van der Waals surface area contributed by atoms with Crippen molar-refractivity contribution in [3.8, 4) is 0 Å². The van der Waals surface area contributed by atoms with E-state index >= 15 is 0 Å². The molecule has 0 saturated heterocycles. The monoisotopic (exact) mass is 250 g/mol. The van der Waals surface area contributed by atoms with Crippen molar-refractivity contribution in [1.82, 2.24) is 9.55 Å². The van der Waals surface area contributed by atoms with Crippen molar-refractivity contribution in [3.63, 3.8) is 0 Å². The summed E-state index contributed by atoms with van der Waals surface area (Å²) in [6.45, 7) is 5.90. The van der Waals surface area contributed by atoms with E-state index in [-0.39, 0.29) is 24.3 Å². The van der Waals surface area contributed by atoms with Crippen LogP contribution in [0.25, 0.3) is 11.0 Å². The minimum Gasteiger partial charge on any atom is -0.460 e. The second kappa shape index (κ2) is 4.76. The highest BCUT2D eigenvalue weighted by atomic mass is 19.1. The molecule has 0 aliphatic rings. The van der Waals surface area contributed by atoms with Crippen LogP contribution in [0.2, 0.25) is 0 Å². The first kappa shape index (κ1) is 12.5. The van der Waals surface area contributed by atoms with Gasteiger partial charge in [-0.3, -0.25) is 0 Å². The van der Waals surface area contributed by atoms with Gasteiger partial charge < -0.3 is 9.30 Å². The SMILES string of the molecule is CCOC(=O)c1nc2cc(F)ccc2n1C(C)C. The second-order valence-corrected chi connectivity index (χ2v) is 4.25. The van der Waals surface area contributed by atoms with Crippen LogP contribution in [-0.2, 0) is 4.74 Å². The van der Waals surface area contributed by atoms with Crippen LogP contribution in [-0.4, -0.2) is 22.1 Å². The zero-order chi connectivity index (χ0) is 13.3. The van der Waals surface area contributed by atoms with Gasteiger partial charge in [-0.15, -0.1) is 0 Å². The van der Waals surface area contributed by atoms with Gasteiger partial charge in [-0.2, -0.15) is 0 Å². The van der Waals surface area contributed by atoms with Crippen molar-refractivity contribution in [1.29, 1.82) is 0 Å². The van der Waals surface area contributed by atoms with Gasteiger partial charge >= 0.3 is 5.97 Å². The first-order valence-corrected chi connectivity index (χ1v) is 5.89. The lowest BCUT2D eigenvalue weighted by Crippen LogP contribution is -2.14. The number of hydrogen-bond donors (Lipinski definition) is 0. The van der Waals surface area contributed by atoms with E-state index in [1.54, 1.807) is 17.6 Å². The highest BCUT2D eigenvalue weighted by Crippen LogP contribution is 2.22. The molecule has 96 valence electrons. The Hall–Kier alpha value is -1.91. The van der Waals surface area contributed by atoms with E-state index in [2.05, 4.69) is 4.98 Å². The Morgan fingerprint density at radius 3 is 2.83 bits per heavy atom. The summed E-state index contributed by atoms with van der Waals surface area (Å²) < 4.78 is 19.9. The summed E-state index contributed by atoms with van der Waals surface area (Å²) in [5.41, 5.74) is 1.20. The predicted molar refractivity (Wildman–Crippen MR) is 66.0 cm³/mol. The third-order valence-electron chi connectivity index (χ3n) is 2.63. The molecule has 1 aromatic carbocycles. The number of fused-ring (bicyclic) bond motifs is 1. The molecule has 2 rings (SSSR count). The molecule has 0 amide bonds. The summed E-state index contributed by atoms with van der Waals surface area (Å²) >= 11 is 0. The van der Waals surface area contributed by atoms with Gasteiger partial charge in [-0.25, -0.2) is 14.2 Å². The fourth-order valence-corrected chi connectivity index (χ4v) is 1.93. The van der Waals surface area contributed by atoms with Crippen LogP contribution in [0.4, 0.5) is 4.39 Å². The third-order valence-corrected chi connectivity index (χ3v) is 2.63. The number of benzene rings is 1. The average molecular weight is 250 g/mol. The summed E-state index contributed by atoms with van der Waals surface area (Å²) in [7, 11) is 0. The topological polar surface area (TPSA) is 44.1 Å². The van der Waals surface area contributed by atoms with Crippen molar-refractivity contribution >= 4 is 17.0 Å². The van der Waals surface area contributed by atoms with Crippen molar-refractivity contribution < 1.29 is 13.9 Å². The summed E-state index contributed by atoms with van der Waals surface area (Å²) in [5.74, 6) is -0.637. The maximum atomic E-state index is 13.2. The van der Waals surface area contributed by atoms with Crippen LogP contribution in [0.3, 0.4) is 0 Å². The maximum Gasteiger partial charge on any atom is 0.374 e. The van der Waals surface area contributed by atoms with Crippen LogP contribution < -0.4 is 0 Å². The number of carbonyl (C=O) groups is 1. The van der Waals surface area contributed by atoms with E-state index in [9.17, 15) is 9.18 Å². The van der Waals surface area contributed by atoms with Gasteiger partial charge in [0.15, 0.2) is 0 Å². The van der Waals surface area contributed by atoms with Gasteiger partial charge in [0.2, 0.25) is 5.82 Å². The molecule has 0 aliphatic carbocycles. The van der Waals surface area contributed by atoms with Crippen LogP contribution in [0.15, 0.2) is 18.2 Å². The van der Waals surface area contributed by atoms with Gasteiger partial charge in [-0.1, -0.05) is 0 Å². The van der Waals surface area contributed by atoms with Crippen LogP contribution >= 0.6 is 0 Å². The Morgan fingerprint density at radius 1 is 1.50 bits per heavy atom. The van der Waals surface area contributed by atoms with Gasteiger partial charge in [0.05, 0.1) is 17.6 Å². The molecule has 0 aliphatic heterocycles. The third kappa shape index (κ3) is 2.08. The normalized spacial score (nSPS) is 11.2. The first-order valence-electron chi connectivity index (χ1n) is 5.89. The van der Waals surface area contributed by atoms with Crippen LogP contribution in [0.1, 0.15) is 37.4 Å². The largest absolute Gasteiger partial charge is 0.460 e. The molecule has 5 heteroatoms. The highest BCUT2D eigenvalue weighted by molar-refractivity contribution is 5.91. The number of esters is 1. The number of nitrogens with zero attached hydrogens (tertiary/aromatic N) is 2. The zero-order valence-corrected chi connectivity index (χ0v) is 10.6. The molecule has 0 atom stereocenters. The van der Waals surface area contributed by atoms with Gasteiger partial charge in [0, 0.05) is 12.1 Å². The summed E-state index contributed by atoms with van der Waals surface area (Å²) in [5, 5.41) is 0. The summed E-state index contributed by atoms with van der Waals surface area (Å²) in [4.78, 5) is 16.0. The lowest BCUT2D eigenvalue weighted by atomic mass is 10.3. The molecular formula is C13H15FN2O2. The van der Waals surface area contributed by atoms with Crippen molar-refractivity contribution in [2.24, 2.45) is 0 Å². The first-order chi connectivity index (χ1) is 8.54. The van der Waals surface area contributed by atoms with Crippen molar-refractivity contribution in [2.45, 2.75) is 26.8 Å². The number of hydrogen-bond acceptors (Lipinski definition) is 3. The van der Waals surface area contributed by atoms with E-state index in [4.69, 9.17) is 4.74 Å². The molecule has 1 heterocycles. The minimum absolute atomic E-state index is 0.0415. The predicted octanol–water partition coefficient (Wildman–Crippen LogP) is 2.93. The fraction of sp³-hybridized carbons (Fsp3) is 0.385. The molecule has 0 bridgehead atoms. The molecule has 1 aromatic heterocycles. The van der Waals surface area contributed by atoms with E-state index < -0.39 is 5.97 Å². The van der Waals surface area contributed by atoms with Gasteiger partial charge in [0.1, 0.15) is 5.82 Å². The quantitative estimate of drug-likeness (QED) is 0.787. The fourth-order valence-electron chi connectivity index (χ4n) is 1.93. The van der Waals surface area contributed by atoms with E-state index in [1.807, 2.05) is 13.8 Å². The molecule has 0 unspecified atom stereocenters. The van der Waals surface area contributed by atoms with Crippen LogP contribution in [0, 0.1) is 5.82 Å². The number of carbonyl (C=O) groups excluding carboxylic acids is 1. The molecule has 18 heavy (non-hydrogen) atoms. The lowest BCUT2D eigenvalue weighted by Gasteiger charge is -2.11.